The number of carbonyl (C=O) groups is 1. The van der Waals surface area contributed by atoms with E-state index in [4.69, 9.17) is 10.00 Å². The van der Waals surface area contributed by atoms with Crippen LogP contribution >= 0.6 is 11.8 Å². The lowest BCUT2D eigenvalue weighted by molar-refractivity contribution is -0.140. The number of nitrogens with zero attached hydrogens (tertiary/aromatic N) is 2. The zero-order valence-corrected chi connectivity index (χ0v) is 11.4. The van der Waals surface area contributed by atoms with Gasteiger partial charge < -0.3 is 4.74 Å². The van der Waals surface area contributed by atoms with Crippen LogP contribution in [0.2, 0.25) is 0 Å². The minimum atomic E-state index is -0.249. The van der Waals surface area contributed by atoms with Gasteiger partial charge in [0.2, 0.25) is 0 Å². The molecule has 2 heterocycles. The van der Waals surface area contributed by atoms with Crippen molar-refractivity contribution in [2.24, 2.45) is 0 Å². The number of cyclic esters (lactones) is 1. The van der Waals surface area contributed by atoms with E-state index in [9.17, 15) is 4.79 Å². The topological polar surface area (TPSA) is 63.0 Å². The number of hydrogen-bond acceptors (Lipinski definition) is 5. The normalized spacial score (nSPS) is 22.7. The summed E-state index contributed by atoms with van der Waals surface area (Å²) >= 11 is 1.33. The summed E-state index contributed by atoms with van der Waals surface area (Å²) in [7, 11) is 0. The Morgan fingerprint density at radius 1 is 1.56 bits per heavy atom. The Labute approximate surface area is 110 Å². The van der Waals surface area contributed by atoms with Crippen molar-refractivity contribution in [3.05, 3.63) is 22.9 Å². The molecule has 1 aliphatic rings. The summed E-state index contributed by atoms with van der Waals surface area (Å²) in [6.45, 7) is 5.64. The Kier molecular flexibility index (Phi) is 3.58. The minimum Gasteiger partial charge on any atom is -0.462 e. The molecule has 0 saturated carbocycles. The summed E-state index contributed by atoms with van der Waals surface area (Å²) in [6.07, 6.45) is 0.620. The highest BCUT2D eigenvalue weighted by molar-refractivity contribution is 8.00. The second kappa shape index (κ2) is 4.99. The molecule has 0 N–H and O–H groups in total. The van der Waals surface area contributed by atoms with Gasteiger partial charge in [0.05, 0.1) is 5.56 Å². The monoisotopic (exact) mass is 262 g/mol. The van der Waals surface area contributed by atoms with Gasteiger partial charge in [-0.05, 0) is 32.4 Å². The number of thioether (sulfide) groups is 1. The number of aromatic nitrogens is 1. The van der Waals surface area contributed by atoms with Crippen molar-refractivity contribution in [1.29, 1.82) is 5.26 Å². The van der Waals surface area contributed by atoms with E-state index >= 15 is 0 Å². The molecule has 1 aromatic rings. The Morgan fingerprint density at radius 2 is 2.28 bits per heavy atom. The zero-order valence-electron chi connectivity index (χ0n) is 10.6. The first-order chi connectivity index (χ1) is 8.51. The molecule has 1 saturated heterocycles. The molecule has 4 nitrogen and oxygen atoms in total. The number of aryl methyl sites for hydroxylation is 2. The molecule has 0 aliphatic carbocycles. The van der Waals surface area contributed by atoms with Gasteiger partial charge in [-0.15, -0.1) is 0 Å². The SMILES string of the molecule is Cc1cc(C)c(C#N)c(SC2CC(C)OC2=O)n1. The maximum absolute atomic E-state index is 11.6. The third-order valence-corrected chi connectivity index (χ3v) is 3.99. The molecule has 1 aromatic heterocycles. The number of rotatable bonds is 2. The molecule has 1 aliphatic heterocycles. The number of esters is 1. The molecule has 0 radical (unpaired) electrons. The number of carbonyl (C=O) groups excluding carboxylic acids is 1. The van der Waals surface area contributed by atoms with Crippen LogP contribution in [-0.4, -0.2) is 22.3 Å². The molecule has 0 bridgehead atoms. The first kappa shape index (κ1) is 12.9. The molecule has 0 amide bonds. The fourth-order valence-corrected chi connectivity index (χ4v) is 3.28. The lowest BCUT2D eigenvalue weighted by Gasteiger charge is -2.09. The van der Waals surface area contributed by atoms with E-state index in [1.807, 2.05) is 26.8 Å². The lowest BCUT2D eigenvalue weighted by Crippen LogP contribution is -2.10. The van der Waals surface area contributed by atoms with Crippen molar-refractivity contribution in [2.75, 3.05) is 0 Å². The standard InChI is InChI=1S/C13H14N2O2S/c1-7-4-8(2)15-12(10(7)6-14)18-11-5-9(3)17-13(11)16/h4,9,11H,5H2,1-3H3. The second-order valence-corrected chi connectivity index (χ2v) is 5.65. The molecule has 18 heavy (non-hydrogen) atoms. The largest absolute Gasteiger partial charge is 0.462 e. The van der Waals surface area contributed by atoms with Crippen LogP contribution in [0.4, 0.5) is 0 Å². The van der Waals surface area contributed by atoms with Crippen molar-refractivity contribution in [1.82, 2.24) is 4.98 Å². The van der Waals surface area contributed by atoms with E-state index in [1.165, 1.54) is 11.8 Å². The number of ether oxygens (including phenoxy) is 1. The molecule has 94 valence electrons. The molecule has 0 aromatic carbocycles. The quantitative estimate of drug-likeness (QED) is 0.766. The van der Waals surface area contributed by atoms with Gasteiger partial charge in [-0.2, -0.15) is 5.26 Å². The van der Waals surface area contributed by atoms with Gasteiger partial charge in [-0.1, -0.05) is 11.8 Å². The van der Waals surface area contributed by atoms with Gasteiger partial charge in [0.25, 0.3) is 0 Å². The first-order valence-corrected chi connectivity index (χ1v) is 6.64. The highest BCUT2D eigenvalue weighted by atomic mass is 32.2. The molecule has 5 heteroatoms. The van der Waals surface area contributed by atoms with Gasteiger partial charge >= 0.3 is 5.97 Å². The fraction of sp³-hybridized carbons (Fsp3) is 0.462. The van der Waals surface area contributed by atoms with Crippen LogP contribution in [0, 0.1) is 25.2 Å². The average Bonchev–Trinajstić information content (AvgIpc) is 2.57. The summed E-state index contributed by atoms with van der Waals surface area (Å²) in [6, 6.07) is 4.03. The van der Waals surface area contributed by atoms with Crippen molar-refractivity contribution in [2.45, 2.75) is 43.6 Å². The van der Waals surface area contributed by atoms with Crippen LogP contribution in [0.5, 0.6) is 0 Å². The maximum atomic E-state index is 11.6. The van der Waals surface area contributed by atoms with Crippen LogP contribution in [0.25, 0.3) is 0 Å². The van der Waals surface area contributed by atoms with Gasteiger partial charge in [-0.3, -0.25) is 4.79 Å². The third kappa shape index (κ3) is 2.49. The van der Waals surface area contributed by atoms with E-state index in [0.29, 0.717) is 17.0 Å². The lowest BCUT2D eigenvalue weighted by atomic mass is 10.1. The summed E-state index contributed by atoms with van der Waals surface area (Å²) in [5.74, 6) is -0.211. The van der Waals surface area contributed by atoms with Crippen LogP contribution in [0.3, 0.4) is 0 Å². The van der Waals surface area contributed by atoms with Crippen LogP contribution < -0.4 is 0 Å². The molecular formula is C13H14N2O2S. The van der Waals surface area contributed by atoms with E-state index < -0.39 is 0 Å². The van der Waals surface area contributed by atoms with E-state index in [1.54, 1.807) is 0 Å². The van der Waals surface area contributed by atoms with Gasteiger partial charge in [0, 0.05) is 12.1 Å². The Balaban J connectivity index is 2.29. The summed E-state index contributed by atoms with van der Waals surface area (Å²) in [4.78, 5) is 16.0. The molecule has 1 fully saturated rings. The minimum absolute atomic E-state index is 0.0496. The van der Waals surface area contributed by atoms with Crippen molar-refractivity contribution < 1.29 is 9.53 Å². The smallest absolute Gasteiger partial charge is 0.319 e. The Bertz CT molecular complexity index is 537. The van der Waals surface area contributed by atoms with Gasteiger partial charge in [0.15, 0.2) is 0 Å². The van der Waals surface area contributed by atoms with Crippen molar-refractivity contribution in [3.8, 4) is 6.07 Å². The number of hydrogen-bond donors (Lipinski definition) is 0. The third-order valence-electron chi connectivity index (χ3n) is 2.80. The van der Waals surface area contributed by atoms with Gasteiger partial charge in [-0.25, -0.2) is 4.98 Å². The Hall–Kier alpha value is -1.54. The second-order valence-electron chi connectivity index (χ2n) is 4.46. The first-order valence-electron chi connectivity index (χ1n) is 5.76. The highest BCUT2D eigenvalue weighted by Gasteiger charge is 2.33. The maximum Gasteiger partial charge on any atom is 0.319 e. The molecule has 2 atom stereocenters. The van der Waals surface area contributed by atoms with E-state index in [-0.39, 0.29) is 17.3 Å². The van der Waals surface area contributed by atoms with Gasteiger partial charge in [0.1, 0.15) is 22.4 Å². The Morgan fingerprint density at radius 3 is 2.83 bits per heavy atom. The van der Waals surface area contributed by atoms with Crippen molar-refractivity contribution >= 4 is 17.7 Å². The molecule has 2 rings (SSSR count). The summed E-state index contributed by atoms with van der Waals surface area (Å²) < 4.78 is 5.11. The molecule has 2 unspecified atom stereocenters. The van der Waals surface area contributed by atoms with Crippen LogP contribution in [0.1, 0.15) is 30.2 Å². The number of nitriles is 1. The summed E-state index contributed by atoms with van der Waals surface area (Å²) in [5.41, 5.74) is 2.30. The predicted molar refractivity (Wildman–Crippen MR) is 68.2 cm³/mol. The van der Waals surface area contributed by atoms with Crippen molar-refractivity contribution in [3.63, 3.8) is 0 Å². The zero-order chi connectivity index (χ0) is 13.3. The fourth-order valence-electron chi connectivity index (χ4n) is 1.97. The van der Waals surface area contributed by atoms with E-state index in [2.05, 4.69) is 11.1 Å². The molecular weight excluding hydrogens is 248 g/mol. The highest BCUT2D eigenvalue weighted by Crippen LogP contribution is 2.33. The average molecular weight is 262 g/mol. The predicted octanol–water partition coefficient (Wildman–Crippen LogP) is 2.37. The van der Waals surface area contributed by atoms with Crippen LogP contribution in [0.15, 0.2) is 11.1 Å². The van der Waals surface area contributed by atoms with E-state index in [0.717, 1.165) is 11.3 Å². The number of pyridine rings is 1. The van der Waals surface area contributed by atoms with Crippen LogP contribution in [-0.2, 0) is 9.53 Å². The molecule has 0 spiro atoms. The summed E-state index contributed by atoms with van der Waals surface area (Å²) in [5, 5.41) is 9.54.